The van der Waals surface area contributed by atoms with Crippen LogP contribution in [0.1, 0.15) is 30.7 Å². The van der Waals surface area contributed by atoms with Crippen molar-refractivity contribution in [1.29, 1.82) is 0 Å². The molecule has 108 valence electrons. The molecule has 0 aliphatic carbocycles. The highest BCUT2D eigenvalue weighted by molar-refractivity contribution is 5.75. The zero-order chi connectivity index (χ0) is 14.3. The summed E-state index contributed by atoms with van der Waals surface area (Å²) >= 11 is 0. The summed E-state index contributed by atoms with van der Waals surface area (Å²) in [6.45, 7) is 0. The van der Waals surface area contributed by atoms with E-state index < -0.39 is 0 Å². The number of carbonyl (C=O) groups excluding carboxylic acids is 1. The molecule has 2 saturated heterocycles. The molecule has 3 rings (SSSR count). The number of esters is 1. The third-order valence-electron chi connectivity index (χ3n) is 5.02. The van der Waals surface area contributed by atoms with Crippen LogP contribution in [0.3, 0.4) is 0 Å². The van der Waals surface area contributed by atoms with E-state index in [0.717, 1.165) is 24.8 Å². The number of nitrogens with zero attached hydrogens (tertiary/aromatic N) is 1. The van der Waals surface area contributed by atoms with Gasteiger partial charge >= 0.3 is 5.97 Å². The van der Waals surface area contributed by atoms with Crippen LogP contribution >= 0.6 is 0 Å². The SMILES string of the molecule is COC(=O)C1C2CCC(C[C@@H]1c1cccc(F)c1)N2C. The number of ether oxygens (including phenoxy) is 1. The lowest BCUT2D eigenvalue weighted by Crippen LogP contribution is -2.49. The van der Waals surface area contributed by atoms with E-state index in [1.54, 1.807) is 12.1 Å². The van der Waals surface area contributed by atoms with Gasteiger partial charge in [-0.15, -0.1) is 0 Å². The molecule has 0 saturated carbocycles. The Morgan fingerprint density at radius 3 is 2.90 bits per heavy atom. The molecule has 0 spiro atoms. The Kier molecular flexibility index (Phi) is 3.50. The van der Waals surface area contributed by atoms with Gasteiger partial charge in [-0.25, -0.2) is 4.39 Å². The molecule has 4 heteroatoms. The van der Waals surface area contributed by atoms with Crippen molar-refractivity contribution in [2.24, 2.45) is 5.92 Å². The quantitative estimate of drug-likeness (QED) is 0.778. The van der Waals surface area contributed by atoms with Gasteiger partial charge in [0.2, 0.25) is 0 Å². The largest absolute Gasteiger partial charge is 0.469 e. The van der Waals surface area contributed by atoms with Crippen molar-refractivity contribution < 1.29 is 13.9 Å². The molecule has 4 atom stereocenters. The zero-order valence-electron chi connectivity index (χ0n) is 11.9. The Bertz CT molecular complexity index is 519. The van der Waals surface area contributed by atoms with Crippen LogP contribution in [0.4, 0.5) is 4.39 Å². The van der Waals surface area contributed by atoms with Crippen molar-refractivity contribution in [3.63, 3.8) is 0 Å². The zero-order valence-corrected chi connectivity index (χ0v) is 11.9. The minimum atomic E-state index is -0.239. The Hall–Kier alpha value is -1.42. The highest BCUT2D eigenvalue weighted by Gasteiger charge is 2.49. The van der Waals surface area contributed by atoms with Crippen molar-refractivity contribution >= 4 is 5.97 Å². The molecule has 0 amide bonds. The number of hydrogen-bond acceptors (Lipinski definition) is 3. The summed E-state index contributed by atoms with van der Waals surface area (Å²) in [7, 11) is 3.52. The van der Waals surface area contributed by atoms with Crippen molar-refractivity contribution in [3.8, 4) is 0 Å². The number of carbonyl (C=O) groups is 1. The second-order valence-corrected chi connectivity index (χ2v) is 5.91. The topological polar surface area (TPSA) is 29.5 Å². The molecule has 2 fully saturated rings. The number of halogens is 1. The van der Waals surface area contributed by atoms with Crippen LogP contribution in [0.5, 0.6) is 0 Å². The fourth-order valence-electron chi connectivity index (χ4n) is 4.00. The van der Waals surface area contributed by atoms with Crippen LogP contribution < -0.4 is 0 Å². The van der Waals surface area contributed by atoms with Gasteiger partial charge < -0.3 is 4.74 Å². The lowest BCUT2D eigenvalue weighted by Gasteiger charge is -2.41. The van der Waals surface area contributed by atoms with Gasteiger partial charge in [0.15, 0.2) is 0 Å². The molecule has 3 nitrogen and oxygen atoms in total. The first-order valence-electron chi connectivity index (χ1n) is 7.17. The van der Waals surface area contributed by atoms with Crippen molar-refractivity contribution in [2.45, 2.75) is 37.3 Å². The fourth-order valence-corrected chi connectivity index (χ4v) is 4.00. The van der Waals surface area contributed by atoms with Gasteiger partial charge in [-0.1, -0.05) is 12.1 Å². The molecule has 2 heterocycles. The molecular weight excluding hydrogens is 257 g/mol. The Balaban J connectivity index is 1.97. The molecule has 0 aromatic heterocycles. The highest BCUT2D eigenvalue weighted by Crippen LogP contribution is 2.46. The number of piperidine rings is 1. The van der Waals surface area contributed by atoms with Crippen LogP contribution in [0.15, 0.2) is 24.3 Å². The summed E-state index contributed by atoms with van der Waals surface area (Å²) in [5.74, 6) is -0.536. The summed E-state index contributed by atoms with van der Waals surface area (Å²) in [6, 6.07) is 7.36. The van der Waals surface area contributed by atoms with Gasteiger partial charge in [-0.2, -0.15) is 0 Å². The lowest BCUT2D eigenvalue weighted by atomic mass is 9.76. The monoisotopic (exact) mass is 277 g/mol. The van der Waals surface area contributed by atoms with E-state index in [-0.39, 0.29) is 29.7 Å². The molecule has 1 aromatic carbocycles. The van der Waals surface area contributed by atoms with Crippen molar-refractivity contribution in [1.82, 2.24) is 4.90 Å². The molecule has 2 bridgehead atoms. The molecule has 0 N–H and O–H groups in total. The first-order valence-corrected chi connectivity index (χ1v) is 7.17. The van der Waals surface area contributed by atoms with Gasteiger partial charge in [-0.3, -0.25) is 9.69 Å². The summed E-state index contributed by atoms with van der Waals surface area (Å²) in [6.07, 6.45) is 3.03. The molecule has 2 aliphatic rings. The first kappa shape index (κ1) is 13.6. The second kappa shape index (κ2) is 5.17. The third-order valence-corrected chi connectivity index (χ3v) is 5.02. The highest BCUT2D eigenvalue weighted by atomic mass is 19.1. The average molecular weight is 277 g/mol. The molecule has 1 aromatic rings. The Morgan fingerprint density at radius 1 is 1.40 bits per heavy atom. The maximum Gasteiger partial charge on any atom is 0.310 e. The summed E-state index contributed by atoms with van der Waals surface area (Å²) in [5.41, 5.74) is 0.922. The van der Waals surface area contributed by atoms with Gasteiger partial charge in [-0.05, 0) is 44.0 Å². The van der Waals surface area contributed by atoms with Crippen LogP contribution in [-0.2, 0) is 9.53 Å². The smallest absolute Gasteiger partial charge is 0.310 e. The summed E-state index contributed by atoms with van der Waals surface area (Å²) in [4.78, 5) is 14.5. The van der Waals surface area contributed by atoms with Gasteiger partial charge in [0.05, 0.1) is 13.0 Å². The molecule has 3 unspecified atom stereocenters. The lowest BCUT2D eigenvalue weighted by molar-refractivity contribution is -0.150. The van der Waals surface area contributed by atoms with E-state index in [2.05, 4.69) is 11.9 Å². The minimum absolute atomic E-state index is 0.0619. The number of fused-ring (bicyclic) bond motifs is 2. The van der Waals surface area contributed by atoms with E-state index in [1.807, 2.05) is 6.07 Å². The molecule has 2 aliphatic heterocycles. The maximum atomic E-state index is 13.5. The number of hydrogen-bond donors (Lipinski definition) is 0. The number of methoxy groups -OCH3 is 1. The first-order chi connectivity index (χ1) is 9.61. The molecule has 20 heavy (non-hydrogen) atoms. The predicted octanol–water partition coefficient (Wildman–Crippen LogP) is 2.57. The van der Waals surface area contributed by atoms with E-state index in [0.29, 0.717) is 6.04 Å². The Labute approximate surface area is 118 Å². The average Bonchev–Trinajstić information content (AvgIpc) is 2.69. The standard InChI is InChI=1S/C16H20FNO2/c1-18-12-6-7-14(18)15(16(19)20-2)13(9-12)10-4-3-5-11(17)8-10/h3-5,8,12-15H,6-7,9H2,1-2H3/t12?,13-,14?,15?/m1/s1. The number of benzene rings is 1. The Morgan fingerprint density at radius 2 is 2.20 bits per heavy atom. The number of rotatable bonds is 2. The van der Waals surface area contributed by atoms with Crippen LogP contribution in [-0.4, -0.2) is 37.1 Å². The summed E-state index contributed by atoms with van der Waals surface area (Å²) < 4.78 is 18.5. The fraction of sp³-hybridized carbons (Fsp3) is 0.562. The second-order valence-electron chi connectivity index (χ2n) is 5.91. The van der Waals surface area contributed by atoms with Crippen molar-refractivity contribution in [2.75, 3.05) is 14.2 Å². The van der Waals surface area contributed by atoms with E-state index in [9.17, 15) is 9.18 Å². The van der Waals surface area contributed by atoms with E-state index in [4.69, 9.17) is 4.74 Å². The van der Waals surface area contributed by atoms with Gasteiger partial charge in [0.25, 0.3) is 0 Å². The van der Waals surface area contributed by atoms with E-state index >= 15 is 0 Å². The van der Waals surface area contributed by atoms with Crippen molar-refractivity contribution in [3.05, 3.63) is 35.6 Å². The van der Waals surface area contributed by atoms with Crippen LogP contribution in [0.25, 0.3) is 0 Å². The molecule has 0 radical (unpaired) electrons. The minimum Gasteiger partial charge on any atom is -0.469 e. The molecular formula is C16H20FNO2. The van der Waals surface area contributed by atoms with Crippen LogP contribution in [0, 0.1) is 11.7 Å². The normalized spacial score (nSPS) is 33.1. The van der Waals surface area contributed by atoms with E-state index in [1.165, 1.54) is 13.2 Å². The predicted molar refractivity (Wildman–Crippen MR) is 73.8 cm³/mol. The summed E-state index contributed by atoms with van der Waals surface area (Å²) in [5, 5.41) is 0. The van der Waals surface area contributed by atoms with Gasteiger partial charge in [0.1, 0.15) is 5.82 Å². The third kappa shape index (κ3) is 2.12. The van der Waals surface area contributed by atoms with Crippen LogP contribution in [0.2, 0.25) is 0 Å². The maximum absolute atomic E-state index is 13.5. The van der Waals surface area contributed by atoms with Gasteiger partial charge in [0, 0.05) is 18.0 Å².